The number of aromatic amines is 2. The molecule has 2 aliphatic rings. The van der Waals surface area contributed by atoms with E-state index in [9.17, 15) is 14.4 Å². The molecule has 4 heterocycles. The van der Waals surface area contributed by atoms with Gasteiger partial charge in [0.2, 0.25) is 17.7 Å². The van der Waals surface area contributed by atoms with Crippen LogP contribution < -0.4 is 5.32 Å². The van der Waals surface area contributed by atoms with Gasteiger partial charge >= 0.3 is 0 Å². The Kier molecular flexibility index (Phi) is 8.61. The maximum atomic E-state index is 14.0. The highest BCUT2D eigenvalue weighted by atomic mass is 16.2. The van der Waals surface area contributed by atoms with E-state index in [2.05, 4.69) is 71.4 Å². The Labute approximate surface area is 287 Å². The van der Waals surface area contributed by atoms with E-state index in [1.165, 1.54) is 0 Å². The smallest absolute Gasteiger partial charge is 0.247 e. The van der Waals surface area contributed by atoms with Crippen LogP contribution in [0, 0.1) is 5.41 Å². The summed E-state index contributed by atoms with van der Waals surface area (Å²) in [6.45, 7) is 9.22. The van der Waals surface area contributed by atoms with Crippen molar-refractivity contribution in [3.05, 3.63) is 96.4 Å². The van der Waals surface area contributed by atoms with Crippen LogP contribution in [0.1, 0.15) is 76.7 Å². The Morgan fingerprint density at radius 3 is 2.24 bits per heavy atom. The van der Waals surface area contributed by atoms with Crippen LogP contribution >= 0.6 is 0 Å². The summed E-state index contributed by atoms with van der Waals surface area (Å²) in [6.07, 6.45) is 5.19. The van der Waals surface area contributed by atoms with Crippen molar-refractivity contribution in [3.8, 4) is 22.5 Å². The van der Waals surface area contributed by atoms with Crippen molar-refractivity contribution in [3.63, 3.8) is 0 Å². The molecule has 9 heteroatoms. The van der Waals surface area contributed by atoms with Crippen LogP contribution in [-0.2, 0) is 14.4 Å². The molecule has 3 aromatic carbocycles. The maximum Gasteiger partial charge on any atom is 0.247 e. The quantitative estimate of drug-likeness (QED) is 0.167. The van der Waals surface area contributed by atoms with E-state index in [1.807, 2.05) is 59.6 Å². The van der Waals surface area contributed by atoms with Gasteiger partial charge in [0.05, 0.1) is 23.9 Å². The highest BCUT2D eigenvalue weighted by molar-refractivity contribution is 6.00. The second kappa shape index (κ2) is 13.0. The van der Waals surface area contributed by atoms with Crippen LogP contribution in [0.25, 0.3) is 33.4 Å². The summed E-state index contributed by atoms with van der Waals surface area (Å²) in [5.74, 6) is 0.436. The largest absolute Gasteiger partial charge is 0.355 e. The van der Waals surface area contributed by atoms with Crippen molar-refractivity contribution in [1.29, 1.82) is 0 Å². The summed E-state index contributed by atoms with van der Waals surface area (Å²) in [5.41, 5.74) is 6.31. The number of H-pyrrole nitrogens is 2. The number of anilines is 1. The molecule has 2 aromatic heterocycles. The van der Waals surface area contributed by atoms with Gasteiger partial charge in [-0.05, 0) is 72.1 Å². The molecule has 2 fully saturated rings. The predicted molar refractivity (Wildman–Crippen MR) is 193 cm³/mol. The molecule has 3 atom stereocenters. The molecule has 3 amide bonds. The van der Waals surface area contributed by atoms with Gasteiger partial charge in [-0.2, -0.15) is 0 Å². The number of imidazole rings is 1. The lowest BCUT2D eigenvalue weighted by Crippen LogP contribution is -2.47. The molecule has 7 rings (SSSR count). The number of nitrogens with zero attached hydrogens (tertiary/aromatic N) is 3. The first-order valence-corrected chi connectivity index (χ1v) is 17.3. The molecule has 9 nitrogen and oxygen atoms in total. The molecule has 2 aliphatic heterocycles. The molecule has 0 radical (unpaired) electrons. The van der Waals surface area contributed by atoms with E-state index in [0.29, 0.717) is 18.7 Å². The number of benzene rings is 3. The van der Waals surface area contributed by atoms with Gasteiger partial charge in [-0.1, -0.05) is 75.4 Å². The fourth-order valence-electron chi connectivity index (χ4n) is 7.63. The Hall–Kier alpha value is -5.18. The lowest BCUT2D eigenvalue weighted by molar-refractivity contribution is -0.140. The third-order valence-corrected chi connectivity index (χ3v) is 10.0. The highest BCUT2D eigenvalue weighted by Gasteiger charge is 2.41. The molecule has 0 aliphatic carbocycles. The van der Waals surface area contributed by atoms with Crippen molar-refractivity contribution in [1.82, 2.24) is 24.8 Å². The lowest BCUT2D eigenvalue weighted by atomic mass is 9.75. The predicted octanol–water partition coefficient (Wildman–Crippen LogP) is 7.67. The summed E-state index contributed by atoms with van der Waals surface area (Å²) in [5, 5.41) is 4.09. The van der Waals surface area contributed by atoms with Gasteiger partial charge in [0.1, 0.15) is 11.9 Å². The number of hydrogen-bond acceptors (Lipinski definition) is 4. The fraction of sp³-hybridized carbons (Fsp3) is 0.350. The van der Waals surface area contributed by atoms with Crippen molar-refractivity contribution in [2.45, 2.75) is 71.4 Å². The standard InChI is InChI=1S/C40H44N6O3/c1-25(47)45-20-8-12-34(45)37-41-24-33(44-37)27-16-14-26(15-17-27)32-23-29-22-30(18-19-31(29)43-32)42-38(48)35-13-9-21-46(35)39(49)36(40(2,3)4)28-10-6-5-7-11-28/h5-7,10-11,14-19,22-24,34-36,43H,8-9,12-13,20-21H2,1-4H3,(H,41,44)(H,42,48)/t34-,35-,36+/m0/s1. The Morgan fingerprint density at radius 2 is 1.53 bits per heavy atom. The lowest BCUT2D eigenvalue weighted by Gasteiger charge is -2.35. The number of rotatable bonds is 7. The van der Waals surface area contributed by atoms with Gasteiger partial charge < -0.3 is 25.1 Å². The normalized spacial score (nSPS) is 18.6. The summed E-state index contributed by atoms with van der Waals surface area (Å²) >= 11 is 0. The van der Waals surface area contributed by atoms with Gasteiger partial charge in [0.15, 0.2) is 0 Å². The molecule has 2 saturated heterocycles. The first-order valence-electron chi connectivity index (χ1n) is 17.3. The van der Waals surface area contributed by atoms with E-state index >= 15 is 0 Å². The highest BCUT2D eigenvalue weighted by Crippen LogP contribution is 2.39. The number of nitrogens with one attached hydrogen (secondary N) is 3. The number of hydrogen-bond donors (Lipinski definition) is 3. The van der Waals surface area contributed by atoms with Crippen LogP contribution in [0.15, 0.2) is 85.1 Å². The van der Waals surface area contributed by atoms with Gasteiger partial charge in [0.25, 0.3) is 0 Å². The summed E-state index contributed by atoms with van der Waals surface area (Å²) in [7, 11) is 0. The zero-order chi connectivity index (χ0) is 34.3. The average molecular weight is 657 g/mol. The Balaban J connectivity index is 1.04. The molecule has 0 spiro atoms. The molecule has 0 unspecified atom stereocenters. The minimum absolute atomic E-state index is 0.00611. The van der Waals surface area contributed by atoms with Crippen LogP contribution in [0.3, 0.4) is 0 Å². The van der Waals surface area contributed by atoms with Crippen LogP contribution in [0.5, 0.6) is 0 Å². The topological polar surface area (TPSA) is 114 Å². The van der Waals surface area contributed by atoms with Gasteiger partial charge in [-0.3, -0.25) is 14.4 Å². The van der Waals surface area contributed by atoms with E-state index in [-0.39, 0.29) is 35.1 Å². The van der Waals surface area contributed by atoms with E-state index in [0.717, 1.165) is 70.6 Å². The Bertz CT molecular complexity index is 1990. The molecule has 3 N–H and O–H groups in total. The zero-order valence-electron chi connectivity index (χ0n) is 28.6. The summed E-state index contributed by atoms with van der Waals surface area (Å²) in [4.78, 5) is 54.9. The number of fused-ring (bicyclic) bond motifs is 1. The molecule has 49 heavy (non-hydrogen) atoms. The monoisotopic (exact) mass is 656 g/mol. The molecule has 5 aromatic rings. The third kappa shape index (κ3) is 6.49. The van der Waals surface area contributed by atoms with E-state index in [1.54, 1.807) is 11.8 Å². The minimum Gasteiger partial charge on any atom is -0.355 e. The number of carbonyl (C=O) groups is 3. The Morgan fingerprint density at radius 1 is 0.837 bits per heavy atom. The maximum absolute atomic E-state index is 14.0. The van der Waals surface area contributed by atoms with E-state index < -0.39 is 6.04 Å². The molecular weight excluding hydrogens is 612 g/mol. The number of carbonyl (C=O) groups excluding carboxylic acids is 3. The number of aromatic nitrogens is 3. The molecule has 0 bridgehead atoms. The third-order valence-electron chi connectivity index (χ3n) is 10.0. The van der Waals surface area contributed by atoms with Gasteiger partial charge in [-0.15, -0.1) is 0 Å². The van der Waals surface area contributed by atoms with E-state index in [4.69, 9.17) is 0 Å². The summed E-state index contributed by atoms with van der Waals surface area (Å²) in [6, 6.07) is 25.6. The summed E-state index contributed by atoms with van der Waals surface area (Å²) < 4.78 is 0. The number of amides is 3. The van der Waals surface area contributed by atoms with Crippen LogP contribution in [-0.4, -0.2) is 61.6 Å². The second-order valence-electron chi connectivity index (χ2n) is 14.5. The first kappa shape index (κ1) is 32.4. The first-order chi connectivity index (χ1) is 23.6. The molecule has 252 valence electrons. The van der Waals surface area contributed by atoms with Crippen LogP contribution in [0.2, 0.25) is 0 Å². The minimum atomic E-state index is -0.505. The number of likely N-dealkylation sites (tertiary alicyclic amines) is 2. The van der Waals surface area contributed by atoms with Crippen molar-refractivity contribution >= 4 is 34.3 Å². The molecular formula is C40H44N6O3. The molecule has 0 saturated carbocycles. The fourth-order valence-corrected chi connectivity index (χ4v) is 7.63. The zero-order valence-corrected chi connectivity index (χ0v) is 28.6. The average Bonchev–Trinajstić information content (AvgIpc) is 3.90. The van der Waals surface area contributed by atoms with Gasteiger partial charge in [-0.25, -0.2) is 4.98 Å². The van der Waals surface area contributed by atoms with Crippen molar-refractivity contribution < 1.29 is 14.4 Å². The van der Waals surface area contributed by atoms with Crippen LogP contribution in [0.4, 0.5) is 5.69 Å². The van der Waals surface area contributed by atoms with Crippen molar-refractivity contribution in [2.75, 3.05) is 18.4 Å². The van der Waals surface area contributed by atoms with Gasteiger partial charge in [0, 0.05) is 42.3 Å². The second-order valence-corrected chi connectivity index (χ2v) is 14.5. The SMILES string of the molecule is CC(=O)N1CCC[C@H]1c1ncc(-c2ccc(-c3cc4cc(NC(=O)[C@@H]5CCCN5C(=O)[C@@H](c5ccccc5)C(C)(C)C)ccc4[nH]3)cc2)[nH]1. The van der Waals surface area contributed by atoms with Crippen molar-refractivity contribution in [2.24, 2.45) is 5.41 Å².